The highest BCUT2D eigenvalue weighted by molar-refractivity contribution is 6.06. The summed E-state index contributed by atoms with van der Waals surface area (Å²) in [5, 5.41) is 9.27. The third-order valence-corrected chi connectivity index (χ3v) is 7.14. The lowest BCUT2D eigenvalue weighted by molar-refractivity contribution is 0.421. The van der Waals surface area contributed by atoms with Crippen LogP contribution in [0, 0.1) is 0 Å². The number of para-hydroxylation sites is 2. The predicted molar refractivity (Wildman–Crippen MR) is 169 cm³/mol. The van der Waals surface area contributed by atoms with Crippen molar-refractivity contribution < 1.29 is 9.47 Å². The highest BCUT2D eigenvalue weighted by atomic mass is 16.5. The molecule has 1 aliphatic rings. The molecular weight excluding hydrogens is 516 g/mol. The van der Waals surface area contributed by atoms with Crippen LogP contribution in [-0.4, -0.2) is 0 Å². The van der Waals surface area contributed by atoms with E-state index in [9.17, 15) is 0 Å². The molecule has 0 unspecified atom stereocenters. The number of benzene rings is 6. The average molecular weight is 543 g/mol. The van der Waals surface area contributed by atoms with Crippen molar-refractivity contribution in [2.45, 2.75) is 0 Å². The van der Waals surface area contributed by atoms with Crippen molar-refractivity contribution >= 4 is 11.8 Å². The van der Waals surface area contributed by atoms with Crippen molar-refractivity contribution in [3.05, 3.63) is 157 Å². The Bertz CT molecular complexity index is 1900. The van der Waals surface area contributed by atoms with E-state index in [1.54, 1.807) is 6.20 Å². The summed E-state index contributed by atoms with van der Waals surface area (Å²) >= 11 is 0. The molecule has 42 heavy (non-hydrogen) atoms. The first-order chi connectivity index (χ1) is 20.9. The summed E-state index contributed by atoms with van der Waals surface area (Å²) in [4.78, 5) is 0. The van der Waals surface area contributed by atoms with E-state index in [1.165, 1.54) is 0 Å². The topological polar surface area (TPSA) is 43.2 Å². The zero-order chi connectivity index (χ0) is 28.1. The van der Waals surface area contributed by atoms with Crippen molar-refractivity contribution in [1.29, 1.82) is 0 Å². The predicted octanol–water partition coefficient (Wildman–Crippen LogP) is 11.3. The summed E-state index contributed by atoms with van der Waals surface area (Å²) in [5.41, 5.74) is 7.52. The summed E-state index contributed by atoms with van der Waals surface area (Å²) in [6, 6.07) is 48.5. The van der Waals surface area contributed by atoms with E-state index >= 15 is 0 Å². The minimum atomic E-state index is 0.493. The van der Waals surface area contributed by atoms with Gasteiger partial charge in [0.25, 0.3) is 0 Å². The molecule has 0 bridgehead atoms. The van der Waals surface area contributed by atoms with Crippen LogP contribution in [0.25, 0.3) is 39.5 Å². The summed E-state index contributed by atoms with van der Waals surface area (Å²) in [6.45, 7) is 0. The molecule has 0 radical (unpaired) electrons. The molecular formula is C38H26N2O2. The molecule has 4 nitrogen and oxygen atoms in total. The molecule has 0 saturated carbocycles. The number of ether oxygens (including phenoxy) is 2. The maximum Gasteiger partial charge on any atom is 0.198 e. The van der Waals surface area contributed by atoms with Crippen molar-refractivity contribution in [2.24, 2.45) is 10.2 Å². The van der Waals surface area contributed by atoms with E-state index in [1.807, 2.05) is 97.1 Å². The molecule has 0 aliphatic carbocycles. The second kappa shape index (κ2) is 11.4. The molecule has 0 atom stereocenters. The van der Waals surface area contributed by atoms with E-state index < -0.39 is 0 Å². The Labute approximate surface area is 244 Å². The second-order valence-electron chi connectivity index (χ2n) is 9.81. The van der Waals surface area contributed by atoms with Gasteiger partial charge >= 0.3 is 0 Å². The zero-order valence-electron chi connectivity index (χ0n) is 22.7. The Morgan fingerprint density at radius 1 is 0.429 bits per heavy atom. The third-order valence-electron chi connectivity index (χ3n) is 7.14. The monoisotopic (exact) mass is 542 g/mol. The molecule has 0 saturated heterocycles. The first kappa shape index (κ1) is 25.2. The van der Waals surface area contributed by atoms with Crippen LogP contribution in [-0.2, 0) is 0 Å². The number of fused-ring (bicyclic) bond motifs is 3. The number of rotatable bonds is 6. The van der Waals surface area contributed by atoms with Crippen LogP contribution in [0.4, 0.5) is 5.69 Å². The molecule has 0 spiro atoms. The van der Waals surface area contributed by atoms with Gasteiger partial charge in [0.05, 0.1) is 6.20 Å². The van der Waals surface area contributed by atoms with Crippen molar-refractivity contribution in [2.75, 3.05) is 0 Å². The van der Waals surface area contributed by atoms with Crippen LogP contribution in [0.15, 0.2) is 162 Å². The fourth-order valence-electron chi connectivity index (χ4n) is 5.30. The Morgan fingerprint density at radius 2 is 0.929 bits per heavy atom. The summed E-state index contributed by atoms with van der Waals surface area (Å²) in [5.74, 6) is 2.42. The minimum absolute atomic E-state index is 0.493. The van der Waals surface area contributed by atoms with Gasteiger partial charge in [0.15, 0.2) is 11.5 Å². The summed E-state index contributed by atoms with van der Waals surface area (Å²) in [7, 11) is 0. The maximum atomic E-state index is 6.81. The molecule has 0 aromatic heterocycles. The fraction of sp³-hybridized carbons (Fsp3) is 0. The van der Waals surface area contributed by atoms with E-state index in [4.69, 9.17) is 14.6 Å². The largest absolute Gasteiger partial charge is 0.453 e. The number of azo groups is 1. The lowest BCUT2D eigenvalue weighted by Crippen LogP contribution is -2.01. The SMILES string of the molecule is C1=Cc2ccccc2-c2c(c(Oc3ccccc3)c(Oc3ccccc3)c(-c3ccccc3)c2-c2ccccc2)N=N1. The van der Waals surface area contributed by atoms with Gasteiger partial charge in [-0.2, -0.15) is 5.11 Å². The van der Waals surface area contributed by atoms with E-state index in [-0.39, 0.29) is 0 Å². The van der Waals surface area contributed by atoms with Gasteiger partial charge < -0.3 is 9.47 Å². The minimum Gasteiger partial charge on any atom is -0.453 e. The molecule has 0 fully saturated rings. The van der Waals surface area contributed by atoms with Gasteiger partial charge in [-0.3, -0.25) is 0 Å². The first-order valence-electron chi connectivity index (χ1n) is 13.8. The fourth-order valence-corrected chi connectivity index (χ4v) is 5.30. The van der Waals surface area contributed by atoms with Gasteiger partial charge in [0, 0.05) is 16.7 Å². The Kier molecular flexibility index (Phi) is 6.85. The van der Waals surface area contributed by atoms with Crippen molar-refractivity contribution in [3.8, 4) is 56.4 Å². The zero-order valence-corrected chi connectivity index (χ0v) is 22.7. The van der Waals surface area contributed by atoms with Crippen LogP contribution >= 0.6 is 0 Å². The normalized spacial score (nSPS) is 11.6. The molecule has 0 amide bonds. The van der Waals surface area contributed by atoms with Crippen LogP contribution in [0.5, 0.6) is 23.0 Å². The first-order valence-corrected chi connectivity index (χ1v) is 13.8. The smallest absolute Gasteiger partial charge is 0.198 e. The van der Waals surface area contributed by atoms with Gasteiger partial charge in [-0.25, -0.2) is 0 Å². The van der Waals surface area contributed by atoms with Gasteiger partial charge in [-0.05, 0) is 52.6 Å². The quantitative estimate of drug-likeness (QED) is 0.210. The standard InChI is InChI=1S/C38H26N2O2/c1-5-16-28(17-6-1)33-34(29-18-7-2-8-19-29)37(41-30-20-9-3-10-21-30)38(42-31-22-11-4-12-23-31)36-35(33)32-24-14-13-15-27(32)25-26-39-40-36/h1-26H. The summed E-state index contributed by atoms with van der Waals surface area (Å²) in [6.07, 6.45) is 3.71. The van der Waals surface area contributed by atoms with Gasteiger partial charge in [0.1, 0.15) is 17.2 Å². The number of nitrogens with zero attached hydrogens (tertiary/aromatic N) is 2. The number of hydrogen-bond donors (Lipinski definition) is 0. The number of hydrogen-bond acceptors (Lipinski definition) is 4. The molecule has 7 rings (SSSR count). The van der Waals surface area contributed by atoms with Gasteiger partial charge in [-0.1, -0.05) is 121 Å². The van der Waals surface area contributed by atoms with E-state index in [2.05, 4.69) is 59.7 Å². The second-order valence-corrected chi connectivity index (χ2v) is 9.81. The Morgan fingerprint density at radius 3 is 1.55 bits per heavy atom. The third kappa shape index (κ3) is 4.87. The van der Waals surface area contributed by atoms with Gasteiger partial charge in [0.2, 0.25) is 0 Å². The molecule has 6 aromatic carbocycles. The van der Waals surface area contributed by atoms with Crippen molar-refractivity contribution in [3.63, 3.8) is 0 Å². The van der Waals surface area contributed by atoms with E-state index in [0.717, 1.165) is 38.9 Å². The summed E-state index contributed by atoms with van der Waals surface area (Å²) < 4.78 is 13.6. The van der Waals surface area contributed by atoms with E-state index in [0.29, 0.717) is 28.7 Å². The van der Waals surface area contributed by atoms with Crippen LogP contribution in [0.2, 0.25) is 0 Å². The van der Waals surface area contributed by atoms with Crippen LogP contribution in [0.3, 0.4) is 0 Å². The maximum absolute atomic E-state index is 6.81. The lowest BCUT2D eigenvalue weighted by atomic mass is 9.83. The van der Waals surface area contributed by atoms with Crippen molar-refractivity contribution in [1.82, 2.24) is 0 Å². The van der Waals surface area contributed by atoms with Crippen LogP contribution in [0.1, 0.15) is 5.56 Å². The molecule has 1 heterocycles. The molecule has 6 aromatic rings. The highest BCUT2D eigenvalue weighted by Gasteiger charge is 2.31. The lowest BCUT2D eigenvalue weighted by Gasteiger charge is -2.26. The Balaban J connectivity index is 1.68. The average Bonchev–Trinajstić information content (AvgIpc) is 3.05. The molecule has 4 heteroatoms. The van der Waals surface area contributed by atoms with Gasteiger partial charge in [-0.15, -0.1) is 5.11 Å². The molecule has 200 valence electrons. The Hall–Kier alpha value is -5.74. The highest BCUT2D eigenvalue weighted by Crippen LogP contribution is 2.59. The molecule has 1 aliphatic heterocycles. The molecule has 0 N–H and O–H groups in total. The van der Waals surface area contributed by atoms with Crippen LogP contribution < -0.4 is 9.47 Å².